The van der Waals surface area contributed by atoms with Gasteiger partial charge in [0.1, 0.15) is 0 Å². The van der Waals surface area contributed by atoms with Crippen LogP contribution in [0.4, 0.5) is 11.4 Å². The monoisotopic (exact) mass is 482 g/mol. The zero-order valence-electron chi connectivity index (χ0n) is 15.1. The van der Waals surface area contributed by atoms with Crippen LogP contribution in [0.2, 0.25) is 0 Å². The van der Waals surface area contributed by atoms with Crippen molar-refractivity contribution >= 4 is 60.7 Å². The second kappa shape index (κ2) is 8.67. The van der Waals surface area contributed by atoms with E-state index in [4.69, 9.17) is 0 Å². The summed E-state index contributed by atoms with van der Waals surface area (Å²) in [5.74, 6) is -0.834. The zero-order chi connectivity index (χ0) is 20.3. The topological polar surface area (TPSA) is 92.3 Å². The number of hydrogen-bond acceptors (Lipinski definition) is 5. The Balaban J connectivity index is 1.69. The lowest BCUT2D eigenvalue weighted by atomic mass is 10.3. The first kappa shape index (κ1) is 20.9. The molecule has 6 nitrogen and oxygen atoms in total. The van der Waals surface area contributed by atoms with E-state index < -0.39 is 9.84 Å². The molecular weight excluding hydrogens is 464 g/mol. The van der Waals surface area contributed by atoms with Gasteiger partial charge in [-0.15, -0.1) is 11.8 Å². The first-order valence-electron chi connectivity index (χ1n) is 8.62. The molecule has 1 aliphatic rings. The largest absolute Gasteiger partial charge is 0.326 e. The SMILES string of the molecule is CC1CC(=O)Nc2cc(S(=O)(=O)CCC(=O)Nc3cccc(Br)c3)ccc2S1. The van der Waals surface area contributed by atoms with Crippen LogP contribution in [0, 0.1) is 0 Å². The summed E-state index contributed by atoms with van der Waals surface area (Å²) in [5, 5.41) is 5.56. The first-order chi connectivity index (χ1) is 13.2. The highest BCUT2D eigenvalue weighted by Gasteiger charge is 2.22. The Kier molecular flexibility index (Phi) is 6.47. The van der Waals surface area contributed by atoms with E-state index in [-0.39, 0.29) is 34.1 Å². The lowest BCUT2D eigenvalue weighted by Crippen LogP contribution is -2.18. The smallest absolute Gasteiger partial charge is 0.225 e. The number of anilines is 2. The molecule has 1 heterocycles. The molecule has 2 N–H and O–H groups in total. The summed E-state index contributed by atoms with van der Waals surface area (Å²) in [6, 6.07) is 11.8. The van der Waals surface area contributed by atoms with E-state index in [9.17, 15) is 18.0 Å². The van der Waals surface area contributed by atoms with Gasteiger partial charge in [-0.25, -0.2) is 8.42 Å². The molecular formula is C19H19BrN2O4S2. The molecule has 0 saturated carbocycles. The standard InChI is InChI=1S/C19H19BrN2O4S2/c1-12-9-19(24)22-16-11-15(5-6-17(16)27-12)28(25,26)8-7-18(23)21-14-4-2-3-13(20)10-14/h2-6,10-12H,7-9H2,1H3,(H,21,23)(H,22,24). The normalized spacial score (nSPS) is 16.6. The Hall–Kier alpha value is -1.84. The summed E-state index contributed by atoms with van der Waals surface area (Å²) in [6.45, 7) is 1.95. The molecule has 1 aliphatic heterocycles. The summed E-state index contributed by atoms with van der Waals surface area (Å²) in [4.78, 5) is 24.9. The van der Waals surface area contributed by atoms with Gasteiger partial charge in [0.05, 0.1) is 16.3 Å². The van der Waals surface area contributed by atoms with Gasteiger partial charge in [-0.1, -0.05) is 28.9 Å². The average Bonchev–Trinajstić information content (AvgIpc) is 2.75. The molecule has 0 spiro atoms. The lowest BCUT2D eigenvalue weighted by molar-refractivity contribution is -0.116. The molecule has 2 aromatic carbocycles. The van der Waals surface area contributed by atoms with E-state index >= 15 is 0 Å². The fraction of sp³-hybridized carbons (Fsp3) is 0.263. The minimum absolute atomic E-state index is 0.0944. The Morgan fingerprint density at radius 3 is 2.82 bits per heavy atom. The number of amides is 2. The molecule has 0 saturated heterocycles. The fourth-order valence-corrected chi connectivity index (χ4v) is 5.47. The average molecular weight is 483 g/mol. The van der Waals surface area contributed by atoms with Crippen molar-refractivity contribution in [1.82, 2.24) is 0 Å². The Morgan fingerprint density at radius 1 is 1.29 bits per heavy atom. The molecule has 0 aliphatic carbocycles. The minimum Gasteiger partial charge on any atom is -0.326 e. The summed E-state index contributed by atoms with van der Waals surface area (Å²) in [7, 11) is -3.66. The molecule has 2 aromatic rings. The van der Waals surface area contributed by atoms with E-state index in [1.54, 1.807) is 24.3 Å². The van der Waals surface area contributed by atoms with E-state index in [2.05, 4.69) is 26.6 Å². The summed E-state index contributed by atoms with van der Waals surface area (Å²) in [5.41, 5.74) is 1.09. The number of hydrogen-bond donors (Lipinski definition) is 2. The second-order valence-corrected chi connectivity index (χ2v) is 11.0. The highest BCUT2D eigenvalue weighted by atomic mass is 79.9. The Bertz CT molecular complexity index is 1020. The molecule has 28 heavy (non-hydrogen) atoms. The van der Waals surface area contributed by atoms with Gasteiger partial charge in [0.25, 0.3) is 0 Å². The van der Waals surface area contributed by atoms with Crippen molar-refractivity contribution in [2.75, 3.05) is 16.4 Å². The van der Waals surface area contributed by atoms with Crippen LogP contribution in [-0.2, 0) is 19.4 Å². The fourth-order valence-electron chi connectivity index (χ4n) is 2.76. The minimum atomic E-state index is -3.66. The highest BCUT2D eigenvalue weighted by Crippen LogP contribution is 2.36. The van der Waals surface area contributed by atoms with Crippen molar-refractivity contribution in [3.05, 3.63) is 46.9 Å². The van der Waals surface area contributed by atoms with E-state index in [1.807, 2.05) is 13.0 Å². The Morgan fingerprint density at radius 2 is 2.07 bits per heavy atom. The van der Waals surface area contributed by atoms with Gasteiger partial charge in [0.2, 0.25) is 11.8 Å². The molecule has 148 valence electrons. The van der Waals surface area contributed by atoms with Crippen molar-refractivity contribution in [3.8, 4) is 0 Å². The van der Waals surface area contributed by atoms with Crippen molar-refractivity contribution in [1.29, 1.82) is 0 Å². The third-order valence-corrected chi connectivity index (χ3v) is 7.48. The molecule has 0 aromatic heterocycles. The van der Waals surface area contributed by atoms with Gasteiger partial charge in [-0.05, 0) is 36.4 Å². The van der Waals surface area contributed by atoms with Gasteiger partial charge in [-0.2, -0.15) is 0 Å². The van der Waals surface area contributed by atoms with E-state index in [0.29, 0.717) is 17.8 Å². The van der Waals surface area contributed by atoms with Gasteiger partial charge >= 0.3 is 0 Å². The number of benzene rings is 2. The number of carbonyl (C=O) groups excluding carboxylic acids is 2. The summed E-state index contributed by atoms with van der Waals surface area (Å²) < 4.78 is 26.1. The van der Waals surface area contributed by atoms with Crippen LogP contribution < -0.4 is 10.6 Å². The molecule has 1 unspecified atom stereocenters. The maximum atomic E-state index is 12.7. The molecule has 1 atom stereocenters. The van der Waals surface area contributed by atoms with Crippen molar-refractivity contribution in [3.63, 3.8) is 0 Å². The van der Waals surface area contributed by atoms with Crippen LogP contribution in [0.5, 0.6) is 0 Å². The molecule has 3 rings (SSSR count). The van der Waals surface area contributed by atoms with Crippen molar-refractivity contribution < 1.29 is 18.0 Å². The van der Waals surface area contributed by atoms with Crippen LogP contribution in [0.1, 0.15) is 19.8 Å². The number of nitrogens with one attached hydrogen (secondary N) is 2. The molecule has 2 amide bonds. The predicted octanol–water partition coefficient (Wildman–Crippen LogP) is 4.07. The third kappa shape index (κ3) is 5.36. The van der Waals surface area contributed by atoms with E-state index in [0.717, 1.165) is 9.37 Å². The number of carbonyl (C=O) groups is 2. The van der Waals surface area contributed by atoms with Gasteiger partial charge < -0.3 is 10.6 Å². The highest BCUT2D eigenvalue weighted by molar-refractivity contribution is 9.10. The number of sulfone groups is 1. The van der Waals surface area contributed by atoms with Crippen LogP contribution >= 0.6 is 27.7 Å². The van der Waals surface area contributed by atoms with Crippen molar-refractivity contribution in [2.45, 2.75) is 34.8 Å². The zero-order valence-corrected chi connectivity index (χ0v) is 18.3. The molecule has 0 bridgehead atoms. The van der Waals surface area contributed by atoms with Gasteiger partial charge in [0.15, 0.2) is 9.84 Å². The molecule has 0 radical (unpaired) electrons. The van der Waals surface area contributed by atoms with Crippen molar-refractivity contribution in [2.24, 2.45) is 0 Å². The summed E-state index contributed by atoms with van der Waals surface area (Å²) in [6.07, 6.45) is 0.210. The summed E-state index contributed by atoms with van der Waals surface area (Å²) >= 11 is 4.85. The lowest BCUT2D eigenvalue weighted by Gasteiger charge is -2.11. The molecule has 0 fully saturated rings. The van der Waals surface area contributed by atoms with Crippen LogP contribution in [0.25, 0.3) is 0 Å². The molecule has 9 heteroatoms. The van der Waals surface area contributed by atoms with Gasteiger partial charge in [0, 0.05) is 33.1 Å². The van der Waals surface area contributed by atoms with E-state index in [1.165, 1.54) is 23.9 Å². The maximum absolute atomic E-state index is 12.7. The second-order valence-electron chi connectivity index (χ2n) is 6.47. The maximum Gasteiger partial charge on any atom is 0.225 e. The van der Waals surface area contributed by atoms with Crippen LogP contribution in [-0.4, -0.2) is 31.2 Å². The number of halogens is 1. The quantitative estimate of drug-likeness (QED) is 0.669. The Labute approximate surface area is 176 Å². The predicted molar refractivity (Wildman–Crippen MR) is 114 cm³/mol. The van der Waals surface area contributed by atoms with Crippen LogP contribution in [0.15, 0.2) is 56.7 Å². The number of thioether (sulfide) groups is 1. The number of rotatable bonds is 5. The third-order valence-electron chi connectivity index (χ3n) is 4.09. The van der Waals surface area contributed by atoms with Crippen LogP contribution in [0.3, 0.4) is 0 Å². The number of fused-ring (bicyclic) bond motifs is 1. The van der Waals surface area contributed by atoms with Gasteiger partial charge in [-0.3, -0.25) is 9.59 Å². The first-order valence-corrected chi connectivity index (χ1v) is 11.9.